The molecule has 0 fully saturated rings. The number of carbonyl (C=O) groups excluding carboxylic acids is 1. The number of ketones is 1. The van der Waals surface area contributed by atoms with Crippen molar-refractivity contribution in [2.45, 2.75) is 4.90 Å². The lowest BCUT2D eigenvalue weighted by molar-refractivity contribution is 0.0989. The molecule has 0 aliphatic carbocycles. The Hall–Kier alpha value is -1.27. The van der Waals surface area contributed by atoms with E-state index in [1.165, 1.54) is 12.1 Å². The quantitative estimate of drug-likeness (QED) is 0.790. The van der Waals surface area contributed by atoms with Crippen molar-refractivity contribution in [1.82, 2.24) is 5.32 Å². The third kappa shape index (κ3) is 2.65. The van der Waals surface area contributed by atoms with E-state index in [0.29, 0.717) is 0 Å². The molecule has 0 bridgehead atoms. The standard InChI is InChI=1S/C10H12FNO3S/c1-12-6-8(13)7-4-3-5-9(10(7)11)16(2,14)15/h3-5,12H,6H2,1-2H3. The molecule has 88 valence electrons. The molecule has 0 heterocycles. The molecule has 0 spiro atoms. The van der Waals surface area contributed by atoms with Crippen molar-refractivity contribution in [1.29, 1.82) is 0 Å². The van der Waals surface area contributed by atoms with Crippen LogP contribution in [0.1, 0.15) is 10.4 Å². The lowest BCUT2D eigenvalue weighted by Crippen LogP contribution is -2.20. The summed E-state index contributed by atoms with van der Waals surface area (Å²) in [4.78, 5) is 11.0. The highest BCUT2D eigenvalue weighted by Crippen LogP contribution is 2.18. The number of benzene rings is 1. The van der Waals surface area contributed by atoms with Gasteiger partial charge in [0, 0.05) is 6.26 Å². The van der Waals surface area contributed by atoms with E-state index in [4.69, 9.17) is 0 Å². The Labute approximate surface area is 93.4 Å². The molecule has 0 aromatic heterocycles. The Balaban J connectivity index is 3.30. The molecule has 1 aromatic carbocycles. The topological polar surface area (TPSA) is 63.2 Å². The first-order valence-electron chi connectivity index (χ1n) is 4.54. The zero-order valence-electron chi connectivity index (χ0n) is 8.95. The van der Waals surface area contributed by atoms with Crippen LogP contribution in [0.25, 0.3) is 0 Å². The molecule has 4 nitrogen and oxygen atoms in total. The molecule has 0 amide bonds. The summed E-state index contributed by atoms with van der Waals surface area (Å²) in [6.07, 6.45) is 0.901. The number of likely N-dealkylation sites (N-methyl/N-ethyl adjacent to an activating group) is 1. The van der Waals surface area contributed by atoms with Crippen LogP contribution in [0.3, 0.4) is 0 Å². The number of sulfone groups is 1. The molecule has 0 atom stereocenters. The smallest absolute Gasteiger partial charge is 0.179 e. The molecule has 0 aliphatic heterocycles. The molecule has 6 heteroatoms. The monoisotopic (exact) mass is 245 g/mol. The van der Waals surface area contributed by atoms with Gasteiger partial charge in [-0.3, -0.25) is 4.79 Å². The number of rotatable bonds is 4. The Bertz CT molecular complexity index is 511. The number of Topliss-reactive ketones (excluding diaryl/α,β-unsaturated/α-hetero) is 1. The van der Waals surface area contributed by atoms with Crippen LogP contribution in [0.2, 0.25) is 0 Å². The zero-order chi connectivity index (χ0) is 12.3. The van der Waals surface area contributed by atoms with Crippen LogP contribution < -0.4 is 5.32 Å². The minimum atomic E-state index is -3.65. The summed E-state index contributed by atoms with van der Waals surface area (Å²) < 4.78 is 36.2. The second-order valence-electron chi connectivity index (χ2n) is 3.34. The van der Waals surface area contributed by atoms with Crippen molar-refractivity contribution in [2.24, 2.45) is 0 Å². The Morgan fingerprint density at radius 2 is 2.06 bits per heavy atom. The van der Waals surface area contributed by atoms with Crippen molar-refractivity contribution in [2.75, 3.05) is 19.8 Å². The van der Waals surface area contributed by atoms with Crippen molar-refractivity contribution < 1.29 is 17.6 Å². The van der Waals surface area contributed by atoms with E-state index in [1.54, 1.807) is 7.05 Å². The lowest BCUT2D eigenvalue weighted by atomic mass is 10.1. The van der Waals surface area contributed by atoms with Gasteiger partial charge in [0.1, 0.15) is 4.90 Å². The number of carbonyl (C=O) groups is 1. The number of halogens is 1. The van der Waals surface area contributed by atoms with Crippen LogP contribution in [-0.4, -0.2) is 34.0 Å². The SMILES string of the molecule is CNCC(=O)c1cccc(S(C)(=O)=O)c1F. The van der Waals surface area contributed by atoms with E-state index in [0.717, 1.165) is 12.3 Å². The van der Waals surface area contributed by atoms with Crippen LogP contribution in [0.4, 0.5) is 4.39 Å². The summed E-state index contributed by atoms with van der Waals surface area (Å²) in [5, 5.41) is 2.59. The highest BCUT2D eigenvalue weighted by Gasteiger charge is 2.19. The van der Waals surface area contributed by atoms with Gasteiger partial charge in [-0.2, -0.15) is 0 Å². The maximum atomic E-state index is 13.7. The maximum Gasteiger partial charge on any atom is 0.179 e. The van der Waals surface area contributed by atoms with Crippen LogP contribution in [0.5, 0.6) is 0 Å². The molecule has 1 aromatic rings. The first kappa shape index (κ1) is 12.8. The highest BCUT2D eigenvalue weighted by molar-refractivity contribution is 7.90. The van der Waals surface area contributed by atoms with E-state index >= 15 is 0 Å². The third-order valence-corrected chi connectivity index (χ3v) is 3.11. The van der Waals surface area contributed by atoms with Gasteiger partial charge in [-0.15, -0.1) is 0 Å². The second-order valence-corrected chi connectivity index (χ2v) is 5.33. The van der Waals surface area contributed by atoms with Gasteiger partial charge >= 0.3 is 0 Å². The Kier molecular flexibility index (Phi) is 3.77. The summed E-state index contributed by atoms with van der Waals surface area (Å²) in [7, 11) is -2.10. The van der Waals surface area contributed by atoms with Crippen molar-refractivity contribution >= 4 is 15.6 Å². The van der Waals surface area contributed by atoms with Crippen LogP contribution in [0, 0.1) is 5.82 Å². The molecule has 1 N–H and O–H groups in total. The van der Waals surface area contributed by atoms with Gasteiger partial charge in [-0.1, -0.05) is 6.07 Å². The highest BCUT2D eigenvalue weighted by atomic mass is 32.2. The van der Waals surface area contributed by atoms with Crippen molar-refractivity contribution in [3.05, 3.63) is 29.6 Å². The molecule has 0 radical (unpaired) electrons. The van der Waals surface area contributed by atoms with Crippen LogP contribution >= 0.6 is 0 Å². The summed E-state index contributed by atoms with van der Waals surface area (Å²) in [5.41, 5.74) is -0.211. The van der Waals surface area contributed by atoms with Crippen LogP contribution in [-0.2, 0) is 9.84 Å². The zero-order valence-corrected chi connectivity index (χ0v) is 9.77. The lowest BCUT2D eigenvalue weighted by Gasteiger charge is -2.05. The van der Waals surface area contributed by atoms with E-state index < -0.39 is 26.3 Å². The van der Waals surface area contributed by atoms with Crippen molar-refractivity contribution in [3.63, 3.8) is 0 Å². The molecule has 1 rings (SSSR count). The second kappa shape index (κ2) is 4.71. The number of hydrogen-bond donors (Lipinski definition) is 1. The van der Waals surface area contributed by atoms with Crippen LogP contribution in [0.15, 0.2) is 23.1 Å². The molecule has 0 saturated heterocycles. The first-order chi connectivity index (χ1) is 7.38. The van der Waals surface area contributed by atoms with E-state index in [2.05, 4.69) is 5.32 Å². The number of nitrogens with one attached hydrogen (secondary N) is 1. The summed E-state index contributed by atoms with van der Waals surface area (Å²) >= 11 is 0. The molecule has 0 saturated carbocycles. The maximum absolute atomic E-state index is 13.7. The predicted molar refractivity (Wildman–Crippen MR) is 57.8 cm³/mol. The fourth-order valence-corrected chi connectivity index (χ4v) is 2.03. The van der Waals surface area contributed by atoms with Gasteiger partial charge < -0.3 is 5.32 Å². The first-order valence-corrected chi connectivity index (χ1v) is 6.43. The minimum absolute atomic E-state index is 0.0376. The van der Waals surface area contributed by atoms with Gasteiger partial charge in [0.15, 0.2) is 21.4 Å². The van der Waals surface area contributed by atoms with Gasteiger partial charge in [0.25, 0.3) is 0 Å². The summed E-state index contributed by atoms with van der Waals surface area (Å²) in [6, 6.07) is 3.76. The summed E-state index contributed by atoms with van der Waals surface area (Å²) in [5.74, 6) is -1.46. The molecular weight excluding hydrogens is 233 g/mol. The fourth-order valence-electron chi connectivity index (χ4n) is 1.27. The van der Waals surface area contributed by atoms with Gasteiger partial charge in [-0.25, -0.2) is 12.8 Å². The molecule has 0 unspecified atom stereocenters. The average molecular weight is 245 g/mol. The Morgan fingerprint density at radius 1 is 1.44 bits per heavy atom. The van der Waals surface area contributed by atoms with Gasteiger partial charge in [0.05, 0.1) is 12.1 Å². The van der Waals surface area contributed by atoms with Crippen molar-refractivity contribution in [3.8, 4) is 0 Å². The van der Waals surface area contributed by atoms with E-state index in [1.807, 2.05) is 0 Å². The number of hydrogen-bond acceptors (Lipinski definition) is 4. The minimum Gasteiger partial charge on any atom is -0.313 e. The Morgan fingerprint density at radius 3 is 2.56 bits per heavy atom. The fraction of sp³-hybridized carbons (Fsp3) is 0.300. The van der Waals surface area contributed by atoms with Gasteiger partial charge in [0.2, 0.25) is 0 Å². The van der Waals surface area contributed by atoms with Gasteiger partial charge in [-0.05, 0) is 19.2 Å². The molecule has 0 aliphatic rings. The van der Waals surface area contributed by atoms with E-state index in [-0.39, 0.29) is 12.1 Å². The molecular formula is C10H12FNO3S. The third-order valence-electron chi connectivity index (χ3n) is 2.00. The largest absolute Gasteiger partial charge is 0.313 e. The molecule has 16 heavy (non-hydrogen) atoms. The summed E-state index contributed by atoms with van der Waals surface area (Å²) in [6.45, 7) is -0.0376. The van der Waals surface area contributed by atoms with E-state index in [9.17, 15) is 17.6 Å². The average Bonchev–Trinajstić information content (AvgIpc) is 2.16. The normalized spacial score (nSPS) is 11.4. The predicted octanol–water partition coefficient (Wildman–Crippen LogP) is 0.631.